The summed E-state index contributed by atoms with van der Waals surface area (Å²) in [6, 6.07) is 10.9. The molecule has 2 aliphatic rings. The molecular weight excluding hydrogens is 296 g/mol. The van der Waals surface area contributed by atoms with Crippen molar-refractivity contribution >= 4 is 5.82 Å². The number of hydrogen-bond acceptors (Lipinski definition) is 4. The van der Waals surface area contributed by atoms with E-state index in [1.54, 1.807) is 12.4 Å². The molecule has 24 heavy (non-hydrogen) atoms. The third kappa shape index (κ3) is 3.44. The lowest BCUT2D eigenvalue weighted by Crippen LogP contribution is -2.52. The molecule has 4 nitrogen and oxygen atoms in total. The van der Waals surface area contributed by atoms with Crippen molar-refractivity contribution in [3.63, 3.8) is 0 Å². The lowest BCUT2D eigenvalue weighted by atomic mass is 9.73. The quantitative estimate of drug-likeness (QED) is 0.867. The van der Waals surface area contributed by atoms with Crippen molar-refractivity contribution in [1.29, 1.82) is 0 Å². The van der Waals surface area contributed by atoms with E-state index >= 15 is 0 Å². The molecule has 1 unspecified atom stereocenters. The van der Waals surface area contributed by atoms with Crippen LogP contribution in [0.25, 0.3) is 0 Å². The van der Waals surface area contributed by atoms with Crippen molar-refractivity contribution in [2.24, 2.45) is 5.41 Å². The van der Waals surface area contributed by atoms with Crippen LogP contribution in [0.4, 0.5) is 5.82 Å². The zero-order chi connectivity index (χ0) is 16.2. The fourth-order valence-corrected chi connectivity index (χ4v) is 4.48. The molecule has 0 bridgehead atoms. The maximum absolute atomic E-state index is 4.52. The molecule has 0 N–H and O–H groups in total. The summed E-state index contributed by atoms with van der Waals surface area (Å²) in [7, 11) is 0. The molecule has 2 fully saturated rings. The van der Waals surface area contributed by atoms with Gasteiger partial charge in [-0.2, -0.15) is 0 Å². The van der Waals surface area contributed by atoms with E-state index in [2.05, 4.69) is 50.1 Å². The molecule has 0 amide bonds. The van der Waals surface area contributed by atoms with Crippen molar-refractivity contribution < 1.29 is 0 Å². The van der Waals surface area contributed by atoms with Crippen molar-refractivity contribution in [3.8, 4) is 0 Å². The van der Waals surface area contributed by atoms with Gasteiger partial charge in [0, 0.05) is 44.0 Å². The largest absolute Gasteiger partial charge is 0.355 e. The Morgan fingerprint density at radius 1 is 0.958 bits per heavy atom. The Bertz CT molecular complexity index is 641. The van der Waals surface area contributed by atoms with Crippen LogP contribution in [0.1, 0.15) is 31.2 Å². The van der Waals surface area contributed by atoms with Gasteiger partial charge in [-0.25, -0.2) is 4.98 Å². The first kappa shape index (κ1) is 15.6. The van der Waals surface area contributed by atoms with Gasteiger partial charge < -0.3 is 4.90 Å². The molecule has 4 rings (SSSR count). The maximum Gasteiger partial charge on any atom is 0.147 e. The van der Waals surface area contributed by atoms with E-state index in [-0.39, 0.29) is 0 Å². The van der Waals surface area contributed by atoms with Gasteiger partial charge in [0.2, 0.25) is 0 Å². The van der Waals surface area contributed by atoms with Gasteiger partial charge in [-0.1, -0.05) is 30.3 Å². The predicted molar refractivity (Wildman–Crippen MR) is 96.9 cm³/mol. The second-order valence-electron chi connectivity index (χ2n) is 7.39. The molecule has 0 radical (unpaired) electrons. The SMILES string of the molecule is c1ccc(CN2CCCC3(CCCN(c4cnccn4)C3)C2)cc1. The topological polar surface area (TPSA) is 32.3 Å². The van der Waals surface area contributed by atoms with E-state index in [9.17, 15) is 0 Å². The minimum Gasteiger partial charge on any atom is -0.355 e. The zero-order valence-corrected chi connectivity index (χ0v) is 14.3. The standard InChI is InChI=1S/C20H26N4/c1-2-6-18(7-3-1)15-23-12-4-8-20(16-23)9-5-13-24(17-20)19-14-21-10-11-22-19/h1-3,6-7,10-11,14H,4-5,8-9,12-13,15-17H2. The molecule has 1 atom stereocenters. The first-order chi connectivity index (χ1) is 11.8. The average Bonchev–Trinajstić information content (AvgIpc) is 2.63. The van der Waals surface area contributed by atoms with E-state index in [4.69, 9.17) is 0 Å². The van der Waals surface area contributed by atoms with Gasteiger partial charge in [0.1, 0.15) is 5.82 Å². The number of aromatic nitrogens is 2. The highest BCUT2D eigenvalue weighted by Crippen LogP contribution is 2.39. The Kier molecular flexibility index (Phi) is 4.48. The van der Waals surface area contributed by atoms with Crippen molar-refractivity contribution in [2.75, 3.05) is 31.1 Å². The Labute approximate surface area is 144 Å². The molecule has 4 heteroatoms. The van der Waals surface area contributed by atoms with Crippen molar-refractivity contribution in [2.45, 2.75) is 32.2 Å². The van der Waals surface area contributed by atoms with Crippen LogP contribution >= 0.6 is 0 Å². The molecule has 2 aromatic rings. The Morgan fingerprint density at radius 2 is 1.79 bits per heavy atom. The molecule has 126 valence electrons. The van der Waals surface area contributed by atoms with E-state index in [0.717, 1.165) is 25.5 Å². The highest BCUT2D eigenvalue weighted by Gasteiger charge is 2.39. The van der Waals surface area contributed by atoms with Crippen molar-refractivity contribution in [3.05, 3.63) is 54.5 Å². The zero-order valence-electron chi connectivity index (χ0n) is 14.3. The van der Waals surface area contributed by atoms with Crippen LogP contribution in [0.2, 0.25) is 0 Å². The number of likely N-dealkylation sites (tertiary alicyclic amines) is 1. The van der Waals surface area contributed by atoms with E-state index in [1.165, 1.54) is 44.3 Å². The number of nitrogens with zero attached hydrogens (tertiary/aromatic N) is 4. The minimum absolute atomic E-state index is 0.419. The molecular formula is C20H26N4. The molecule has 1 aromatic carbocycles. The van der Waals surface area contributed by atoms with Crippen LogP contribution < -0.4 is 4.90 Å². The van der Waals surface area contributed by atoms with E-state index in [0.29, 0.717) is 5.41 Å². The van der Waals surface area contributed by atoms with Gasteiger partial charge in [0.05, 0.1) is 6.20 Å². The fraction of sp³-hybridized carbons (Fsp3) is 0.500. The van der Waals surface area contributed by atoms with E-state index in [1.807, 2.05) is 6.20 Å². The van der Waals surface area contributed by atoms with E-state index < -0.39 is 0 Å². The van der Waals surface area contributed by atoms with Gasteiger partial charge in [0.25, 0.3) is 0 Å². The lowest BCUT2D eigenvalue weighted by molar-refractivity contribution is 0.0682. The highest BCUT2D eigenvalue weighted by atomic mass is 15.2. The van der Waals surface area contributed by atoms with Gasteiger partial charge >= 0.3 is 0 Å². The second kappa shape index (κ2) is 6.89. The molecule has 1 spiro atoms. The highest BCUT2D eigenvalue weighted by molar-refractivity contribution is 5.36. The molecule has 0 aliphatic carbocycles. The number of piperidine rings is 2. The number of benzene rings is 1. The number of hydrogen-bond donors (Lipinski definition) is 0. The fourth-order valence-electron chi connectivity index (χ4n) is 4.48. The lowest BCUT2D eigenvalue weighted by Gasteiger charge is -2.48. The summed E-state index contributed by atoms with van der Waals surface area (Å²) in [4.78, 5) is 13.9. The summed E-state index contributed by atoms with van der Waals surface area (Å²) >= 11 is 0. The van der Waals surface area contributed by atoms with Crippen LogP contribution in [0.15, 0.2) is 48.9 Å². The smallest absolute Gasteiger partial charge is 0.147 e. The monoisotopic (exact) mass is 322 g/mol. The molecule has 3 heterocycles. The van der Waals surface area contributed by atoms with Crippen LogP contribution in [0.5, 0.6) is 0 Å². The Morgan fingerprint density at radius 3 is 2.58 bits per heavy atom. The molecule has 2 saturated heterocycles. The predicted octanol–water partition coefficient (Wildman–Crippen LogP) is 3.36. The number of anilines is 1. The minimum atomic E-state index is 0.419. The van der Waals surface area contributed by atoms with Crippen LogP contribution in [-0.4, -0.2) is 41.0 Å². The summed E-state index contributed by atoms with van der Waals surface area (Å²) in [6.07, 6.45) is 10.7. The Hall–Kier alpha value is -1.94. The Balaban J connectivity index is 1.45. The summed E-state index contributed by atoms with van der Waals surface area (Å²) in [5, 5.41) is 0. The normalized spacial score (nSPS) is 25.1. The maximum atomic E-state index is 4.52. The van der Waals surface area contributed by atoms with Gasteiger partial charge in [-0.05, 0) is 37.8 Å². The molecule has 2 aliphatic heterocycles. The van der Waals surface area contributed by atoms with Gasteiger partial charge in [-0.15, -0.1) is 0 Å². The summed E-state index contributed by atoms with van der Waals surface area (Å²) in [6.45, 7) is 5.74. The summed E-state index contributed by atoms with van der Waals surface area (Å²) < 4.78 is 0. The molecule has 1 aromatic heterocycles. The third-order valence-electron chi connectivity index (χ3n) is 5.52. The third-order valence-corrected chi connectivity index (χ3v) is 5.52. The first-order valence-corrected chi connectivity index (χ1v) is 9.10. The summed E-state index contributed by atoms with van der Waals surface area (Å²) in [5.41, 5.74) is 1.85. The summed E-state index contributed by atoms with van der Waals surface area (Å²) in [5.74, 6) is 1.04. The van der Waals surface area contributed by atoms with Gasteiger partial charge in [0.15, 0.2) is 0 Å². The second-order valence-corrected chi connectivity index (χ2v) is 7.39. The van der Waals surface area contributed by atoms with Crippen LogP contribution in [0.3, 0.4) is 0 Å². The van der Waals surface area contributed by atoms with Crippen LogP contribution in [-0.2, 0) is 6.54 Å². The molecule has 0 saturated carbocycles. The number of rotatable bonds is 3. The first-order valence-electron chi connectivity index (χ1n) is 9.10. The average molecular weight is 322 g/mol. The van der Waals surface area contributed by atoms with Gasteiger partial charge in [-0.3, -0.25) is 9.88 Å². The van der Waals surface area contributed by atoms with Crippen molar-refractivity contribution in [1.82, 2.24) is 14.9 Å². The van der Waals surface area contributed by atoms with Crippen LogP contribution in [0, 0.1) is 5.41 Å².